The summed E-state index contributed by atoms with van der Waals surface area (Å²) in [5.74, 6) is -36.7. The zero-order valence-corrected chi connectivity index (χ0v) is 32.1. The van der Waals surface area contributed by atoms with E-state index in [4.69, 9.17) is 9.47 Å². The number of rotatable bonds is 10. The summed E-state index contributed by atoms with van der Waals surface area (Å²) in [6, 6.07) is 9.99. The molecule has 0 N–H and O–H groups in total. The molecule has 348 valence electrons. The molecular weight excluding hydrogens is 948 g/mol. The number of alkyl halides is 6. The maximum Gasteiger partial charge on any atom is 0.411 e. The SMILES string of the molecule is O=C(Oc1ccc(C(c2ccc(OC(=O)c3cccc(C(=O)Oc4c(F)c(F)c(F)c(F)c4F)c3)cc2)(C(F)(F)F)C(F)(F)F)cc1)c1cccc(C(=O)Oc2c(F)c(F)c(F)c(F)c2F)c1. The molecular formula is C43H16F16O8. The van der Waals surface area contributed by atoms with Crippen LogP contribution in [0.4, 0.5) is 70.2 Å². The molecule has 0 aliphatic carbocycles. The molecule has 0 aromatic heterocycles. The average molecular weight is 965 g/mol. The summed E-state index contributed by atoms with van der Waals surface area (Å²) in [7, 11) is 0. The third-order valence-electron chi connectivity index (χ3n) is 9.24. The van der Waals surface area contributed by atoms with Crippen LogP contribution in [-0.2, 0) is 5.41 Å². The third kappa shape index (κ3) is 9.05. The van der Waals surface area contributed by atoms with Gasteiger partial charge in [-0.2, -0.15) is 43.9 Å². The molecule has 6 aromatic rings. The molecule has 67 heavy (non-hydrogen) atoms. The summed E-state index contributed by atoms with van der Waals surface area (Å²) < 4.78 is 245. The molecule has 0 aliphatic heterocycles. The average Bonchev–Trinajstić information content (AvgIpc) is 3.29. The lowest BCUT2D eigenvalue weighted by molar-refractivity contribution is -0.288. The summed E-state index contributed by atoms with van der Waals surface area (Å²) in [6.45, 7) is 0. The molecule has 0 fully saturated rings. The molecule has 0 saturated carbocycles. The van der Waals surface area contributed by atoms with Crippen molar-refractivity contribution in [3.05, 3.63) is 189 Å². The Kier molecular flexibility index (Phi) is 13.2. The molecule has 0 amide bonds. The molecule has 0 aliphatic rings. The van der Waals surface area contributed by atoms with Crippen molar-refractivity contribution >= 4 is 23.9 Å². The zero-order valence-electron chi connectivity index (χ0n) is 32.1. The van der Waals surface area contributed by atoms with Crippen LogP contribution >= 0.6 is 0 Å². The molecule has 0 radical (unpaired) electrons. The maximum absolute atomic E-state index is 14.8. The Morgan fingerprint density at radius 2 is 0.567 bits per heavy atom. The number of hydrogen-bond donors (Lipinski definition) is 0. The van der Waals surface area contributed by atoms with Gasteiger partial charge in [-0.1, -0.05) is 36.4 Å². The molecule has 0 saturated heterocycles. The molecule has 0 bridgehead atoms. The van der Waals surface area contributed by atoms with Crippen LogP contribution in [0.2, 0.25) is 0 Å². The van der Waals surface area contributed by atoms with Crippen molar-refractivity contribution in [2.75, 3.05) is 0 Å². The number of hydrogen-bond acceptors (Lipinski definition) is 8. The highest BCUT2D eigenvalue weighted by Gasteiger charge is 2.72. The lowest BCUT2D eigenvalue weighted by Gasteiger charge is -2.38. The third-order valence-corrected chi connectivity index (χ3v) is 9.24. The monoisotopic (exact) mass is 964 g/mol. The van der Waals surface area contributed by atoms with Crippen LogP contribution in [0.1, 0.15) is 52.6 Å². The van der Waals surface area contributed by atoms with Crippen molar-refractivity contribution in [2.45, 2.75) is 17.8 Å². The highest BCUT2D eigenvalue weighted by molar-refractivity contribution is 5.97. The van der Waals surface area contributed by atoms with E-state index in [0.29, 0.717) is 60.7 Å². The second-order valence-corrected chi connectivity index (χ2v) is 13.3. The second kappa shape index (κ2) is 18.2. The summed E-state index contributed by atoms with van der Waals surface area (Å²) in [4.78, 5) is 50.7. The highest BCUT2D eigenvalue weighted by atomic mass is 19.4. The quantitative estimate of drug-likeness (QED) is 0.0439. The number of ether oxygens (including phenoxy) is 4. The maximum atomic E-state index is 14.8. The van der Waals surface area contributed by atoms with E-state index in [1.165, 1.54) is 0 Å². The minimum Gasteiger partial charge on any atom is -0.423 e. The topological polar surface area (TPSA) is 105 Å². The molecule has 0 unspecified atom stereocenters. The first kappa shape index (κ1) is 48.5. The number of carbonyl (C=O) groups is 4. The first-order chi connectivity index (χ1) is 31.3. The largest absolute Gasteiger partial charge is 0.423 e. The first-order valence-electron chi connectivity index (χ1n) is 17.8. The van der Waals surface area contributed by atoms with Crippen LogP contribution in [0.5, 0.6) is 23.0 Å². The Hall–Kier alpha value is -7.92. The molecule has 8 nitrogen and oxygen atoms in total. The van der Waals surface area contributed by atoms with Gasteiger partial charge in [-0.25, -0.2) is 45.5 Å². The second-order valence-electron chi connectivity index (χ2n) is 13.3. The van der Waals surface area contributed by atoms with E-state index in [9.17, 15) is 89.4 Å². The van der Waals surface area contributed by atoms with Crippen LogP contribution < -0.4 is 18.9 Å². The van der Waals surface area contributed by atoms with E-state index in [-0.39, 0.29) is 0 Å². The lowest BCUT2D eigenvalue weighted by atomic mass is 9.73. The predicted molar refractivity (Wildman–Crippen MR) is 191 cm³/mol. The minimum absolute atomic E-state index is 0.291. The van der Waals surface area contributed by atoms with Crippen molar-refractivity contribution in [2.24, 2.45) is 0 Å². The Labute approximate surface area is 361 Å². The smallest absolute Gasteiger partial charge is 0.411 e. The number of halogens is 16. The zero-order chi connectivity index (χ0) is 49.5. The van der Waals surface area contributed by atoms with Crippen LogP contribution in [0, 0.1) is 58.2 Å². The molecule has 24 heteroatoms. The van der Waals surface area contributed by atoms with E-state index in [1.807, 2.05) is 0 Å². The summed E-state index contributed by atoms with van der Waals surface area (Å²) in [5.41, 5.74) is -10.5. The van der Waals surface area contributed by atoms with Crippen LogP contribution in [0.15, 0.2) is 97.1 Å². The van der Waals surface area contributed by atoms with Crippen molar-refractivity contribution in [1.29, 1.82) is 0 Å². The molecule has 0 heterocycles. The van der Waals surface area contributed by atoms with Gasteiger partial charge in [0.05, 0.1) is 22.3 Å². The Morgan fingerprint density at radius 1 is 0.328 bits per heavy atom. The van der Waals surface area contributed by atoms with Crippen molar-refractivity contribution in [3.63, 3.8) is 0 Å². The van der Waals surface area contributed by atoms with Crippen LogP contribution in [0.25, 0.3) is 0 Å². The minimum atomic E-state index is -6.18. The highest BCUT2D eigenvalue weighted by Crippen LogP contribution is 2.56. The fourth-order valence-electron chi connectivity index (χ4n) is 6.06. The van der Waals surface area contributed by atoms with Gasteiger partial charge in [0.1, 0.15) is 11.5 Å². The van der Waals surface area contributed by atoms with Crippen LogP contribution in [0.3, 0.4) is 0 Å². The lowest BCUT2D eigenvalue weighted by Crippen LogP contribution is -2.54. The van der Waals surface area contributed by atoms with E-state index in [2.05, 4.69) is 9.47 Å². The van der Waals surface area contributed by atoms with Crippen molar-refractivity contribution in [1.82, 2.24) is 0 Å². The van der Waals surface area contributed by atoms with Gasteiger partial charge >= 0.3 is 36.2 Å². The standard InChI is InChI=1S/C43H16F16O8/c44-25-27(46)31(50)35(32(51)28(25)47)66-39(62)19-5-1-3-17(15-19)37(60)64-23-11-7-21(8-12-23)41(42(54,55)56,43(57,58)59)22-9-13-24(14-10-22)65-38(61)18-4-2-6-20(16-18)40(63)67-36-33(52)29(48)26(45)30(49)34(36)53/h1-16H. The molecule has 0 atom stereocenters. The Balaban J connectivity index is 1.20. The summed E-state index contributed by atoms with van der Waals surface area (Å²) in [5, 5.41) is 0. The van der Waals surface area contributed by atoms with Gasteiger partial charge in [0, 0.05) is 0 Å². The van der Waals surface area contributed by atoms with Gasteiger partial charge in [0.15, 0.2) is 0 Å². The Bertz CT molecular complexity index is 2710. The van der Waals surface area contributed by atoms with Gasteiger partial charge in [-0.15, -0.1) is 0 Å². The normalized spacial score (nSPS) is 11.8. The van der Waals surface area contributed by atoms with Crippen LogP contribution in [-0.4, -0.2) is 36.2 Å². The summed E-state index contributed by atoms with van der Waals surface area (Å²) >= 11 is 0. The fraction of sp³-hybridized carbons (Fsp3) is 0.0698. The number of benzene rings is 6. The van der Waals surface area contributed by atoms with Gasteiger partial charge in [-0.3, -0.25) is 0 Å². The van der Waals surface area contributed by atoms with Crippen molar-refractivity contribution < 1.29 is 108 Å². The van der Waals surface area contributed by atoms with Crippen molar-refractivity contribution in [3.8, 4) is 23.0 Å². The summed E-state index contributed by atoms with van der Waals surface area (Å²) in [6.07, 6.45) is -12.4. The predicted octanol–water partition coefficient (Wildman–Crippen LogP) is 11.4. The van der Waals surface area contributed by atoms with Gasteiger partial charge in [-0.05, 0) is 71.8 Å². The number of carbonyl (C=O) groups excluding carboxylic acids is 4. The number of esters is 4. The first-order valence-corrected chi connectivity index (χ1v) is 17.8. The van der Waals surface area contributed by atoms with Gasteiger partial charge in [0.2, 0.25) is 75.1 Å². The molecule has 6 aromatic carbocycles. The Morgan fingerprint density at radius 3 is 0.821 bits per heavy atom. The van der Waals surface area contributed by atoms with E-state index >= 15 is 0 Å². The fourth-order valence-corrected chi connectivity index (χ4v) is 6.06. The molecule has 6 rings (SSSR count). The molecule has 0 spiro atoms. The van der Waals surface area contributed by atoms with E-state index < -0.39 is 156 Å². The van der Waals surface area contributed by atoms with Gasteiger partial charge in [0.25, 0.3) is 0 Å². The van der Waals surface area contributed by atoms with Gasteiger partial charge < -0.3 is 18.9 Å². The van der Waals surface area contributed by atoms with E-state index in [0.717, 1.165) is 36.4 Å². The van der Waals surface area contributed by atoms with E-state index in [1.54, 1.807) is 0 Å².